The monoisotopic (exact) mass is 342 g/mol. The van der Waals surface area contributed by atoms with E-state index in [2.05, 4.69) is 15.4 Å². The third-order valence-corrected chi connectivity index (χ3v) is 4.96. The molecule has 2 atom stereocenters. The molecular weight excluding hydrogens is 320 g/mol. The van der Waals surface area contributed by atoms with E-state index < -0.39 is 5.97 Å². The second-order valence-corrected chi connectivity index (χ2v) is 6.17. The van der Waals surface area contributed by atoms with Crippen LogP contribution in [0.5, 0.6) is 0 Å². The topological polar surface area (TPSA) is 80.6 Å². The highest BCUT2D eigenvalue weighted by Crippen LogP contribution is 2.43. The maximum Gasteiger partial charge on any atom is 0.373 e. The van der Waals surface area contributed by atoms with E-state index in [0.717, 1.165) is 32.4 Å². The van der Waals surface area contributed by atoms with Gasteiger partial charge in [0, 0.05) is 6.54 Å². The highest BCUT2D eigenvalue weighted by Gasteiger charge is 2.49. The number of ether oxygens (including phenoxy) is 1. The number of carbonyl (C=O) groups is 2. The molecule has 6 nitrogen and oxygen atoms in total. The van der Waals surface area contributed by atoms with Gasteiger partial charge in [0.2, 0.25) is 11.7 Å². The Bertz CT molecular complexity index is 574. The number of nitrogens with one attached hydrogen (secondary N) is 2. The second kappa shape index (κ2) is 7.36. The zero-order valence-electron chi connectivity index (χ0n) is 13.2. The summed E-state index contributed by atoms with van der Waals surface area (Å²) in [7, 11) is 1.31. The minimum absolute atomic E-state index is 0. The smallest absolute Gasteiger partial charge is 0.373 e. The van der Waals surface area contributed by atoms with Crippen molar-refractivity contribution in [3.8, 4) is 0 Å². The fourth-order valence-corrected chi connectivity index (χ4v) is 3.72. The van der Waals surface area contributed by atoms with Crippen LogP contribution >= 0.6 is 12.4 Å². The second-order valence-electron chi connectivity index (χ2n) is 6.17. The molecule has 1 aromatic rings. The maximum atomic E-state index is 12.7. The van der Waals surface area contributed by atoms with Crippen molar-refractivity contribution in [2.24, 2.45) is 11.3 Å². The molecule has 23 heavy (non-hydrogen) atoms. The average Bonchev–Trinajstić information content (AvgIpc) is 3.19. The van der Waals surface area contributed by atoms with E-state index in [4.69, 9.17) is 4.42 Å². The van der Waals surface area contributed by atoms with Crippen LogP contribution in [0.25, 0.3) is 0 Å². The van der Waals surface area contributed by atoms with Crippen LogP contribution in [0, 0.1) is 11.3 Å². The Morgan fingerprint density at radius 3 is 3.04 bits per heavy atom. The number of rotatable bonds is 4. The Morgan fingerprint density at radius 1 is 1.43 bits per heavy atom. The van der Waals surface area contributed by atoms with Crippen molar-refractivity contribution >= 4 is 24.3 Å². The number of carbonyl (C=O) groups excluding carboxylic acids is 2. The van der Waals surface area contributed by atoms with Crippen LogP contribution in [0.1, 0.15) is 42.0 Å². The maximum absolute atomic E-state index is 12.7. The van der Waals surface area contributed by atoms with E-state index in [9.17, 15) is 9.59 Å². The van der Waals surface area contributed by atoms with Gasteiger partial charge in [0.15, 0.2) is 0 Å². The Morgan fingerprint density at radius 2 is 2.26 bits per heavy atom. The number of halogens is 1. The number of esters is 1. The van der Waals surface area contributed by atoms with Crippen LogP contribution < -0.4 is 10.6 Å². The molecule has 0 spiro atoms. The highest BCUT2D eigenvalue weighted by atomic mass is 35.5. The molecule has 2 N–H and O–H groups in total. The van der Waals surface area contributed by atoms with Crippen LogP contribution in [0.4, 0.5) is 0 Å². The van der Waals surface area contributed by atoms with Gasteiger partial charge in [0.25, 0.3) is 0 Å². The molecule has 0 unspecified atom stereocenters. The lowest BCUT2D eigenvalue weighted by Crippen LogP contribution is -2.47. The number of methoxy groups -OCH3 is 1. The van der Waals surface area contributed by atoms with Gasteiger partial charge in [-0.15, -0.1) is 12.4 Å². The summed E-state index contributed by atoms with van der Waals surface area (Å²) in [4.78, 5) is 24.0. The first-order valence-corrected chi connectivity index (χ1v) is 7.82. The van der Waals surface area contributed by atoms with E-state index in [-0.39, 0.29) is 29.5 Å². The first-order valence-electron chi connectivity index (χ1n) is 7.82. The van der Waals surface area contributed by atoms with Crippen molar-refractivity contribution in [2.45, 2.75) is 32.2 Å². The molecule has 1 aliphatic carbocycles. The van der Waals surface area contributed by atoms with Crippen LogP contribution in [0.2, 0.25) is 0 Å². The normalized spacial score (nSPS) is 26.0. The third kappa shape index (κ3) is 3.38. The van der Waals surface area contributed by atoms with E-state index in [0.29, 0.717) is 18.2 Å². The van der Waals surface area contributed by atoms with Crippen molar-refractivity contribution in [3.63, 3.8) is 0 Å². The van der Waals surface area contributed by atoms with Gasteiger partial charge >= 0.3 is 5.97 Å². The predicted octanol–water partition coefficient (Wildman–Crippen LogP) is 1.88. The number of amides is 1. The Kier molecular flexibility index (Phi) is 5.70. The summed E-state index contributed by atoms with van der Waals surface area (Å²) in [6, 6.07) is 3.25. The molecule has 0 radical (unpaired) electrons. The predicted molar refractivity (Wildman–Crippen MR) is 86.4 cm³/mol. The molecular formula is C16H23ClN2O4. The van der Waals surface area contributed by atoms with E-state index in [1.165, 1.54) is 13.5 Å². The number of hydrogen-bond donors (Lipinski definition) is 2. The van der Waals surface area contributed by atoms with Crippen molar-refractivity contribution in [1.29, 1.82) is 0 Å². The lowest BCUT2D eigenvalue weighted by atomic mass is 9.67. The van der Waals surface area contributed by atoms with Gasteiger partial charge in [-0.1, -0.05) is 12.8 Å². The van der Waals surface area contributed by atoms with Gasteiger partial charge in [0.1, 0.15) is 5.76 Å². The summed E-state index contributed by atoms with van der Waals surface area (Å²) >= 11 is 0. The summed E-state index contributed by atoms with van der Waals surface area (Å²) in [5, 5.41) is 6.34. The number of fused-ring (bicyclic) bond motifs is 1. The summed E-state index contributed by atoms with van der Waals surface area (Å²) in [6.07, 6.45) is 4.39. The summed E-state index contributed by atoms with van der Waals surface area (Å²) in [5.74, 6) is 0.733. The van der Waals surface area contributed by atoms with Gasteiger partial charge in [-0.3, -0.25) is 4.79 Å². The van der Waals surface area contributed by atoms with Crippen molar-refractivity contribution in [2.75, 3.05) is 20.2 Å². The first-order chi connectivity index (χ1) is 10.7. The molecule has 128 valence electrons. The van der Waals surface area contributed by atoms with E-state index in [1.807, 2.05) is 0 Å². The van der Waals surface area contributed by atoms with Crippen LogP contribution in [0.3, 0.4) is 0 Å². The molecule has 7 heteroatoms. The molecule has 2 heterocycles. The minimum Gasteiger partial charge on any atom is -0.463 e. The summed E-state index contributed by atoms with van der Waals surface area (Å²) < 4.78 is 9.98. The van der Waals surface area contributed by atoms with Gasteiger partial charge in [-0.25, -0.2) is 4.79 Å². The molecule has 1 aromatic heterocycles. The largest absolute Gasteiger partial charge is 0.463 e. The number of hydrogen-bond acceptors (Lipinski definition) is 5. The SMILES string of the molecule is COC(=O)c1ccc(CNC(=O)[C@@]23CCCC[C@H]2CNC3)o1.Cl. The Labute approximate surface area is 141 Å². The number of furan rings is 1. The molecule has 0 aromatic carbocycles. The van der Waals surface area contributed by atoms with Gasteiger partial charge < -0.3 is 19.8 Å². The molecule has 1 saturated carbocycles. The molecule has 1 saturated heterocycles. The van der Waals surface area contributed by atoms with Crippen LogP contribution in [-0.2, 0) is 16.1 Å². The average molecular weight is 343 g/mol. The third-order valence-electron chi connectivity index (χ3n) is 4.96. The van der Waals surface area contributed by atoms with Crippen LogP contribution in [0.15, 0.2) is 16.5 Å². The zero-order chi connectivity index (χ0) is 15.6. The lowest BCUT2D eigenvalue weighted by Gasteiger charge is -2.37. The fourth-order valence-electron chi connectivity index (χ4n) is 3.72. The quantitative estimate of drug-likeness (QED) is 0.817. The van der Waals surface area contributed by atoms with E-state index >= 15 is 0 Å². The first kappa shape index (κ1) is 17.8. The standard InChI is InChI=1S/C16H22N2O4.ClH/c1-21-14(19)13-6-5-12(22-13)9-18-15(20)16-7-3-2-4-11(16)8-17-10-16;/h5-6,11,17H,2-4,7-10H2,1H3,(H,18,20);1H/t11-,16+;/m0./s1. The highest BCUT2D eigenvalue weighted by molar-refractivity contribution is 5.86. The van der Waals surface area contributed by atoms with Gasteiger partial charge in [-0.05, 0) is 37.4 Å². The molecule has 3 rings (SSSR count). The lowest BCUT2D eigenvalue weighted by molar-refractivity contribution is -0.134. The molecule has 0 bridgehead atoms. The molecule has 1 amide bonds. The zero-order valence-corrected chi connectivity index (χ0v) is 14.0. The molecule has 1 aliphatic heterocycles. The summed E-state index contributed by atoms with van der Waals surface area (Å²) in [5.41, 5.74) is -0.268. The minimum atomic E-state index is -0.511. The molecule has 2 fully saturated rings. The van der Waals surface area contributed by atoms with E-state index in [1.54, 1.807) is 12.1 Å². The fraction of sp³-hybridized carbons (Fsp3) is 0.625. The van der Waals surface area contributed by atoms with Crippen molar-refractivity contribution in [3.05, 3.63) is 23.7 Å². The van der Waals surface area contributed by atoms with Gasteiger partial charge in [-0.2, -0.15) is 0 Å². The van der Waals surface area contributed by atoms with Crippen molar-refractivity contribution < 1.29 is 18.7 Å². The summed E-state index contributed by atoms with van der Waals surface area (Å²) in [6.45, 7) is 1.99. The van der Waals surface area contributed by atoms with Crippen LogP contribution in [-0.4, -0.2) is 32.1 Å². The van der Waals surface area contributed by atoms with Crippen molar-refractivity contribution in [1.82, 2.24) is 10.6 Å². The molecule has 2 aliphatic rings. The Balaban J connectivity index is 0.00000192. The Hall–Kier alpha value is -1.53. The van der Waals surface area contributed by atoms with Gasteiger partial charge in [0.05, 0.1) is 19.1 Å².